The first-order valence-corrected chi connectivity index (χ1v) is 8.65. The normalized spacial score (nSPS) is 11.9. The predicted octanol–water partition coefficient (Wildman–Crippen LogP) is 2.99. The number of nitrogen functional groups attached to an aromatic ring is 2. The van der Waals surface area contributed by atoms with Gasteiger partial charge in [0.15, 0.2) is 0 Å². The van der Waals surface area contributed by atoms with Crippen LogP contribution in [0.3, 0.4) is 0 Å². The Balaban J connectivity index is 1.92. The quantitative estimate of drug-likeness (QED) is 0.311. The molecular weight excluding hydrogens is 352 g/mol. The smallest absolute Gasteiger partial charge is 0.222 e. The van der Waals surface area contributed by atoms with Gasteiger partial charge < -0.3 is 11.5 Å². The molecule has 4 heterocycles. The van der Waals surface area contributed by atoms with E-state index in [0.29, 0.717) is 21.9 Å². The highest BCUT2D eigenvalue weighted by atomic mass is 15.0. The van der Waals surface area contributed by atoms with Crippen molar-refractivity contribution in [1.82, 2.24) is 29.9 Å². The second-order valence-electron chi connectivity index (χ2n) is 6.51. The topological polar surface area (TPSA) is 129 Å². The van der Waals surface area contributed by atoms with Crippen LogP contribution in [0, 0.1) is 0 Å². The lowest BCUT2D eigenvalue weighted by Crippen LogP contribution is -2.02. The zero-order chi connectivity index (χ0) is 18.8. The number of fused-ring (bicyclic) bond motifs is 9. The number of nitrogens with zero attached hydrogens (tertiary/aromatic N) is 6. The first kappa shape index (κ1) is 14.9. The monoisotopic (exact) mass is 364 g/mol. The maximum absolute atomic E-state index is 6.15. The molecule has 4 aromatic heterocycles. The molecule has 0 aliphatic rings. The van der Waals surface area contributed by atoms with E-state index in [1.807, 2.05) is 36.4 Å². The number of benzene rings is 2. The van der Waals surface area contributed by atoms with Gasteiger partial charge in [-0.25, -0.2) is 15.0 Å². The Morgan fingerprint density at radius 1 is 0.571 bits per heavy atom. The molecule has 0 fully saturated rings. The highest BCUT2D eigenvalue weighted by Crippen LogP contribution is 2.34. The van der Waals surface area contributed by atoms with Crippen LogP contribution in [0.1, 0.15) is 0 Å². The van der Waals surface area contributed by atoms with E-state index in [4.69, 9.17) is 21.4 Å². The molecule has 8 nitrogen and oxygen atoms in total. The zero-order valence-corrected chi connectivity index (χ0v) is 14.5. The molecule has 0 radical (unpaired) electrons. The second-order valence-corrected chi connectivity index (χ2v) is 6.51. The van der Waals surface area contributed by atoms with Crippen LogP contribution in [0.4, 0.5) is 11.8 Å². The van der Waals surface area contributed by atoms with Crippen molar-refractivity contribution in [2.24, 2.45) is 0 Å². The molecule has 2 aromatic carbocycles. The number of hydrogen-bond acceptors (Lipinski definition) is 8. The first-order chi connectivity index (χ1) is 13.7. The van der Waals surface area contributed by atoms with Crippen LogP contribution in [0.15, 0.2) is 48.8 Å². The summed E-state index contributed by atoms with van der Waals surface area (Å²) in [5, 5.41) is 2.43. The van der Waals surface area contributed by atoms with Gasteiger partial charge in [-0.15, -0.1) is 0 Å². The minimum Gasteiger partial charge on any atom is -0.383 e. The Bertz CT molecular complexity index is 1590. The second kappa shape index (κ2) is 5.17. The number of nitrogens with two attached hydrogens (primary N) is 2. The molecule has 8 heteroatoms. The van der Waals surface area contributed by atoms with Crippen molar-refractivity contribution in [1.29, 1.82) is 0 Å². The summed E-state index contributed by atoms with van der Waals surface area (Å²) < 4.78 is 0. The molecule has 4 N–H and O–H groups in total. The minimum absolute atomic E-state index is 0.129. The maximum Gasteiger partial charge on any atom is 0.222 e. The van der Waals surface area contributed by atoms with Crippen molar-refractivity contribution in [3.63, 3.8) is 0 Å². The fourth-order valence-electron chi connectivity index (χ4n) is 3.73. The van der Waals surface area contributed by atoms with Gasteiger partial charge in [-0.2, -0.15) is 4.98 Å². The van der Waals surface area contributed by atoms with Crippen molar-refractivity contribution in [2.45, 2.75) is 0 Å². The van der Waals surface area contributed by atoms with Gasteiger partial charge in [0.2, 0.25) is 5.95 Å². The van der Waals surface area contributed by atoms with Gasteiger partial charge in [-0.3, -0.25) is 9.97 Å². The lowest BCUT2D eigenvalue weighted by Gasteiger charge is -2.10. The molecule has 0 unspecified atom stereocenters. The molecule has 0 bridgehead atoms. The molecule has 0 atom stereocenters. The number of anilines is 2. The summed E-state index contributed by atoms with van der Waals surface area (Å²) >= 11 is 0. The lowest BCUT2D eigenvalue weighted by atomic mass is 10.1. The molecule has 0 spiro atoms. The fourth-order valence-corrected chi connectivity index (χ4v) is 3.73. The summed E-state index contributed by atoms with van der Waals surface area (Å²) in [6.07, 6.45) is 3.51. The van der Waals surface area contributed by atoms with Gasteiger partial charge in [0.25, 0.3) is 0 Å². The Kier molecular flexibility index (Phi) is 2.75. The average Bonchev–Trinajstić information content (AvgIpc) is 2.72. The van der Waals surface area contributed by atoms with Gasteiger partial charge in [0.1, 0.15) is 11.3 Å². The van der Waals surface area contributed by atoms with E-state index >= 15 is 0 Å². The van der Waals surface area contributed by atoms with Crippen molar-refractivity contribution >= 4 is 66.5 Å². The van der Waals surface area contributed by atoms with E-state index in [1.54, 1.807) is 12.4 Å². The molecule has 6 rings (SSSR count). The van der Waals surface area contributed by atoms with Crippen LogP contribution in [-0.2, 0) is 0 Å². The predicted molar refractivity (Wildman–Crippen MR) is 110 cm³/mol. The summed E-state index contributed by atoms with van der Waals surface area (Å²) in [6.45, 7) is 0. The van der Waals surface area contributed by atoms with Crippen molar-refractivity contribution in [3.05, 3.63) is 48.8 Å². The van der Waals surface area contributed by atoms with Gasteiger partial charge in [-0.05, 0) is 36.4 Å². The van der Waals surface area contributed by atoms with Crippen LogP contribution in [0.2, 0.25) is 0 Å². The van der Waals surface area contributed by atoms with Gasteiger partial charge >= 0.3 is 0 Å². The largest absolute Gasteiger partial charge is 0.383 e. The average molecular weight is 364 g/mol. The van der Waals surface area contributed by atoms with Gasteiger partial charge in [0, 0.05) is 23.2 Å². The number of rotatable bonds is 0. The summed E-state index contributed by atoms with van der Waals surface area (Å²) in [5.41, 5.74) is 17.0. The number of aromatic nitrogens is 6. The third-order valence-corrected chi connectivity index (χ3v) is 4.89. The molecule has 0 amide bonds. The van der Waals surface area contributed by atoms with Crippen LogP contribution in [0.25, 0.3) is 54.8 Å². The molecule has 0 saturated heterocycles. The third-order valence-electron chi connectivity index (χ3n) is 4.89. The van der Waals surface area contributed by atoms with E-state index in [2.05, 4.69) is 19.9 Å². The van der Waals surface area contributed by atoms with Gasteiger partial charge in [-0.1, -0.05) is 0 Å². The summed E-state index contributed by atoms with van der Waals surface area (Å²) in [4.78, 5) is 27.3. The third kappa shape index (κ3) is 1.88. The SMILES string of the molecule is Nc1nc(N)c2c(ccc3nc4c5cccnc5c5ncccc5c4nc32)n1. The van der Waals surface area contributed by atoms with Gasteiger partial charge in [0.05, 0.1) is 38.5 Å². The highest BCUT2D eigenvalue weighted by Gasteiger charge is 2.16. The first-order valence-electron chi connectivity index (χ1n) is 8.65. The van der Waals surface area contributed by atoms with E-state index in [9.17, 15) is 0 Å². The van der Waals surface area contributed by atoms with E-state index in [0.717, 1.165) is 32.8 Å². The Labute approximate surface area is 157 Å². The molecular formula is C20H12N8. The molecule has 6 aromatic rings. The maximum atomic E-state index is 6.15. The van der Waals surface area contributed by atoms with E-state index in [-0.39, 0.29) is 11.8 Å². The van der Waals surface area contributed by atoms with E-state index < -0.39 is 0 Å². The van der Waals surface area contributed by atoms with Crippen molar-refractivity contribution < 1.29 is 0 Å². The Morgan fingerprint density at radius 3 is 1.93 bits per heavy atom. The number of pyridine rings is 2. The summed E-state index contributed by atoms with van der Waals surface area (Å²) in [6, 6.07) is 11.4. The van der Waals surface area contributed by atoms with E-state index in [1.165, 1.54) is 0 Å². The standard InChI is InChI=1S/C20H12N8/c21-19-13-11(26-20(22)28-19)5-6-12-18(13)27-17-10-4-2-8-24-15(10)14-9(16(17)25-12)3-1-7-23-14/h1-8H,(H4,21,22,26,28). The molecule has 0 saturated carbocycles. The molecule has 0 aliphatic heterocycles. The molecule has 132 valence electrons. The Hall–Kier alpha value is -4.20. The fraction of sp³-hybridized carbons (Fsp3) is 0. The lowest BCUT2D eigenvalue weighted by molar-refractivity contribution is 1.24. The van der Waals surface area contributed by atoms with Crippen molar-refractivity contribution in [3.8, 4) is 0 Å². The summed E-state index contributed by atoms with van der Waals surface area (Å²) in [7, 11) is 0. The highest BCUT2D eigenvalue weighted by molar-refractivity contribution is 6.22. The molecule has 28 heavy (non-hydrogen) atoms. The van der Waals surface area contributed by atoms with Crippen LogP contribution in [-0.4, -0.2) is 29.9 Å². The summed E-state index contributed by atoms with van der Waals surface area (Å²) in [5.74, 6) is 0.413. The minimum atomic E-state index is 0.129. The molecule has 0 aliphatic carbocycles. The van der Waals surface area contributed by atoms with Crippen LogP contribution < -0.4 is 11.5 Å². The van der Waals surface area contributed by atoms with Crippen LogP contribution in [0.5, 0.6) is 0 Å². The Morgan fingerprint density at radius 2 is 1.21 bits per heavy atom. The number of hydrogen-bond donors (Lipinski definition) is 2. The van der Waals surface area contributed by atoms with Crippen LogP contribution >= 0.6 is 0 Å². The van der Waals surface area contributed by atoms with Crippen molar-refractivity contribution in [2.75, 3.05) is 11.5 Å². The zero-order valence-electron chi connectivity index (χ0n) is 14.5.